The molecule has 0 aromatic heterocycles. The molecule has 2 rings (SSSR count). The molecule has 6 nitrogen and oxygen atoms in total. The van der Waals surface area contributed by atoms with Gasteiger partial charge in [0.15, 0.2) is 6.61 Å². The lowest BCUT2D eigenvalue weighted by atomic mass is 9.50. The second kappa shape index (κ2) is 15.5. The lowest BCUT2D eigenvalue weighted by molar-refractivity contribution is -0.182. The Kier molecular flexibility index (Phi) is 13.4. The number of hydrogen-bond donors (Lipinski definition) is 1. The van der Waals surface area contributed by atoms with Gasteiger partial charge in [0.1, 0.15) is 11.9 Å². The molecule has 40 heavy (non-hydrogen) atoms. The third-order valence-corrected chi connectivity index (χ3v) is 10.7. The Morgan fingerprint density at radius 1 is 1.07 bits per heavy atom. The molecule has 0 unspecified atom stereocenters. The summed E-state index contributed by atoms with van der Waals surface area (Å²) in [5, 5.41) is 10.6. The Morgan fingerprint density at radius 3 is 2.25 bits per heavy atom. The number of aliphatic hydroxyl groups is 1. The number of carbonyl (C=O) groups is 3. The van der Waals surface area contributed by atoms with Gasteiger partial charge in [0.05, 0.1) is 6.10 Å². The van der Waals surface area contributed by atoms with Gasteiger partial charge in [-0.3, -0.25) is 9.59 Å². The predicted octanol–water partition coefficient (Wildman–Crippen LogP) is 7.75. The van der Waals surface area contributed by atoms with Gasteiger partial charge in [0.2, 0.25) is 0 Å². The van der Waals surface area contributed by atoms with Crippen molar-refractivity contribution in [1.29, 1.82) is 0 Å². The highest BCUT2D eigenvalue weighted by Gasteiger charge is 2.62. The molecule has 6 heteroatoms. The van der Waals surface area contributed by atoms with Gasteiger partial charge in [-0.2, -0.15) is 0 Å². The molecular formula is C34H58O6. The average molecular weight is 563 g/mol. The van der Waals surface area contributed by atoms with E-state index < -0.39 is 35.6 Å². The second-order valence-electron chi connectivity index (χ2n) is 13.7. The minimum absolute atomic E-state index is 0.147. The maximum absolute atomic E-state index is 13.3. The molecule has 0 saturated heterocycles. The van der Waals surface area contributed by atoms with E-state index in [9.17, 15) is 19.5 Å². The molecule has 2 fully saturated rings. The summed E-state index contributed by atoms with van der Waals surface area (Å²) < 4.78 is 11.4. The number of unbranched alkanes of at least 4 members (excludes halogenated alkanes) is 8. The molecule has 1 N–H and O–H groups in total. The highest BCUT2D eigenvalue weighted by Crippen LogP contribution is 2.62. The molecule has 0 spiro atoms. The molecule has 0 bridgehead atoms. The second-order valence-corrected chi connectivity index (χ2v) is 13.7. The van der Waals surface area contributed by atoms with Crippen LogP contribution in [0, 0.1) is 28.1 Å². The van der Waals surface area contributed by atoms with Gasteiger partial charge in [-0.25, -0.2) is 4.79 Å². The summed E-state index contributed by atoms with van der Waals surface area (Å²) >= 11 is 0. The summed E-state index contributed by atoms with van der Waals surface area (Å²) in [5.74, 6) is -0.568. The lowest BCUT2D eigenvalue weighted by Crippen LogP contribution is -2.55. The fourth-order valence-corrected chi connectivity index (χ4v) is 7.27. The number of ketones is 1. The van der Waals surface area contributed by atoms with Gasteiger partial charge in [-0.1, -0.05) is 92.1 Å². The maximum atomic E-state index is 13.3. The molecule has 0 amide bonds. The van der Waals surface area contributed by atoms with Crippen LogP contribution in [0.5, 0.6) is 0 Å². The summed E-state index contributed by atoms with van der Waals surface area (Å²) in [4.78, 5) is 38.7. The van der Waals surface area contributed by atoms with E-state index in [0.717, 1.165) is 38.5 Å². The normalized spacial score (nSPS) is 29.2. The van der Waals surface area contributed by atoms with Gasteiger partial charge >= 0.3 is 11.9 Å². The topological polar surface area (TPSA) is 89.9 Å². The average Bonchev–Trinajstić information content (AvgIpc) is 3.24. The van der Waals surface area contributed by atoms with Crippen molar-refractivity contribution < 1.29 is 29.0 Å². The number of carbonyl (C=O) groups excluding carboxylic acids is 3. The lowest BCUT2D eigenvalue weighted by Gasteiger charge is -2.55. The van der Waals surface area contributed by atoms with Crippen molar-refractivity contribution >= 4 is 17.7 Å². The largest absolute Gasteiger partial charge is 0.459 e. The Bertz CT molecular complexity index is 851. The number of rotatable bonds is 18. The number of hydrogen-bond acceptors (Lipinski definition) is 6. The summed E-state index contributed by atoms with van der Waals surface area (Å²) in [5.41, 5.74) is -1.43. The Hall–Kier alpha value is -1.69. The first-order valence-corrected chi connectivity index (χ1v) is 16.0. The van der Waals surface area contributed by atoms with Crippen molar-refractivity contribution in [2.75, 3.05) is 6.61 Å². The standard InChI is InChI=1S/C34H58O6/c1-8-10-11-12-13-14-15-16-17-18-29(37)39-24-30(38)40-28(23-32(5,9-2)26(4)35)34(7)21-19-25(3)33(6)22-20-27(36)31(33)34/h9,25-26,28,31,35H,2,8,10-24H2,1,3-7H3/t25-,26+,28-,31-,32-,33+,34+/m1/s1. The molecule has 0 aromatic carbocycles. The third kappa shape index (κ3) is 8.66. The smallest absolute Gasteiger partial charge is 0.344 e. The van der Waals surface area contributed by atoms with Gasteiger partial charge in [0, 0.05) is 29.6 Å². The van der Waals surface area contributed by atoms with Crippen LogP contribution in [0.3, 0.4) is 0 Å². The van der Waals surface area contributed by atoms with E-state index in [1.165, 1.54) is 38.5 Å². The number of aliphatic hydroxyl groups excluding tert-OH is 1. The van der Waals surface area contributed by atoms with Crippen molar-refractivity contribution in [2.24, 2.45) is 28.1 Å². The van der Waals surface area contributed by atoms with Crippen molar-refractivity contribution in [2.45, 2.75) is 150 Å². The molecule has 2 saturated carbocycles. The van der Waals surface area contributed by atoms with Crippen molar-refractivity contribution in [1.82, 2.24) is 0 Å². The summed E-state index contributed by atoms with van der Waals surface area (Å²) in [6, 6.07) is 0. The summed E-state index contributed by atoms with van der Waals surface area (Å²) in [6.07, 6.45) is 14.6. The summed E-state index contributed by atoms with van der Waals surface area (Å²) in [6.45, 7) is 15.9. The number of esters is 2. The Morgan fingerprint density at radius 2 is 1.68 bits per heavy atom. The zero-order valence-electron chi connectivity index (χ0n) is 26.4. The Labute approximate surface area is 244 Å². The highest BCUT2D eigenvalue weighted by molar-refractivity contribution is 5.85. The van der Waals surface area contributed by atoms with E-state index in [0.29, 0.717) is 25.2 Å². The van der Waals surface area contributed by atoms with Crippen LogP contribution in [0.25, 0.3) is 0 Å². The number of Topliss-reactive ketones (excluding diaryl/α,β-unsaturated/α-hetero) is 1. The molecule has 0 radical (unpaired) electrons. The van der Waals surface area contributed by atoms with Crippen LogP contribution in [0.4, 0.5) is 0 Å². The molecule has 7 atom stereocenters. The van der Waals surface area contributed by atoms with E-state index in [2.05, 4.69) is 34.3 Å². The quantitative estimate of drug-likeness (QED) is 0.104. The first-order valence-electron chi connectivity index (χ1n) is 16.0. The van der Waals surface area contributed by atoms with Gasteiger partial charge in [-0.15, -0.1) is 6.58 Å². The fourth-order valence-electron chi connectivity index (χ4n) is 7.27. The van der Waals surface area contributed by atoms with Gasteiger partial charge in [-0.05, 0) is 50.4 Å². The molecule has 0 aromatic rings. The minimum Gasteiger partial charge on any atom is -0.459 e. The zero-order valence-corrected chi connectivity index (χ0v) is 26.4. The van der Waals surface area contributed by atoms with Crippen molar-refractivity contribution in [3.05, 3.63) is 12.7 Å². The molecule has 0 aliphatic heterocycles. The molecule has 2 aliphatic carbocycles. The van der Waals surface area contributed by atoms with E-state index in [-0.39, 0.29) is 23.1 Å². The van der Waals surface area contributed by atoms with Gasteiger partial charge < -0.3 is 14.6 Å². The zero-order chi connectivity index (χ0) is 30.0. The van der Waals surface area contributed by atoms with Gasteiger partial charge in [0.25, 0.3) is 0 Å². The van der Waals surface area contributed by atoms with Crippen LogP contribution < -0.4 is 0 Å². The highest BCUT2D eigenvalue weighted by atomic mass is 16.6. The number of fused-ring (bicyclic) bond motifs is 1. The minimum atomic E-state index is -0.711. The van der Waals surface area contributed by atoms with E-state index >= 15 is 0 Å². The van der Waals surface area contributed by atoms with Crippen LogP contribution in [0.1, 0.15) is 138 Å². The Balaban J connectivity index is 1.99. The van der Waals surface area contributed by atoms with Crippen molar-refractivity contribution in [3.8, 4) is 0 Å². The summed E-state index contributed by atoms with van der Waals surface area (Å²) in [7, 11) is 0. The third-order valence-electron chi connectivity index (χ3n) is 10.7. The van der Waals surface area contributed by atoms with E-state index in [4.69, 9.17) is 9.47 Å². The van der Waals surface area contributed by atoms with Crippen LogP contribution >= 0.6 is 0 Å². The molecule has 2 aliphatic rings. The van der Waals surface area contributed by atoms with E-state index in [1.54, 1.807) is 13.0 Å². The van der Waals surface area contributed by atoms with Crippen molar-refractivity contribution in [3.63, 3.8) is 0 Å². The first-order chi connectivity index (χ1) is 18.8. The first kappa shape index (κ1) is 34.5. The van der Waals surface area contributed by atoms with E-state index in [1.807, 2.05) is 6.92 Å². The molecule has 230 valence electrons. The molecular weight excluding hydrogens is 504 g/mol. The fraction of sp³-hybridized carbons (Fsp3) is 0.853. The van der Waals surface area contributed by atoms with Crippen LogP contribution in [-0.4, -0.2) is 41.6 Å². The maximum Gasteiger partial charge on any atom is 0.344 e. The van der Waals surface area contributed by atoms with Crippen LogP contribution in [0.2, 0.25) is 0 Å². The van der Waals surface area contributed by atoms with Crippen LogP contribution in [-0.2, 0) is 23.9 Å². The van der Waals surface area contributed by atoms with Crippen LogP contribution in [0.15, 0.2) is 12.7 Å². The monoisotopic (exact) mass is 562 g/mol. The SMILES string of the molecule is C=C[C@](C)(C[C@@H](OC(=O)COC(=O)CCCCCCCCCCC)[C@]1(C)CC[C@@H](C)[C@]2(C)CCC(=O)[C@H]21)[C@H](C)O. The number of ether oxygens (including phenoxy) is 2. The predicted molar refractivity (Wildman–Crippen MR) is 160 cm³/mol. The molecule has 0 heterocycles.